The molecular formula is C20H18. The van der Waals surface area contributed by atoms with E-state index in [9.17, 15) is 0 Å². The number of rotatable bonds is 2. The zero-order valence-electron chi connectivity index (χ0n) is 11.9. The van der Waals surface area contributed by atoms with Crippen LogP contribution < -0.4 is 0 Å². The van der Waals surface area contributed by atoms with Crippen LogP contribution in [0.4, 0.5) is 0 Å². The summed E-state index contributed by atoms with van der Waals surface area (Å²) in [5.41, 5.74) is 7.90. The molecule has 0 aliphatic carbocycles. The quantitative estimate of drug-likeness (QED) is 0.558. The number of hydrogen-bond donors (Lipinski definition) is 0. The van der Waals surface area contributed by atoms with Crippen LogP contribution in [0.25, 0.3) is 22.3 Å². The van der Waals surface area contributed by atoms with Gasteiger partial charge in [0, 0.05) is 0 Å². The Kier molecular flexibility index (Phi) is 3.39. The predicted octanol–water partition coefficient (Wildman–Crippen LogP) is 5.64. The Labute approximate surface area is 120 Å². The average Bonchev–Trinajstić information content (AvgIpc) is 2.51. The van der Waals surface area contributed by atoms with E-state index in [0.717, 1.165) is 0 Å². The summed E-state index contributed by atoms with van der Waals surface area (Å²) in [6.07, 6.45) is 0. The van der Waals surface area contributed by atoms with Crippen molar-refractivity contribution >= 4 is 0 Å². The average molecular weight is 258 g/mol. The normalized spacial score (nSPS) is 10.5. The van der Waals surface area contributed by atoms with E-state index in [2.05, 4.69) is 86.6 Å². The Morgan fingerprint density at radius 3 is 1.15 bits per heavy atom. The first-order valence-electron chi connectivity index (χ1n) is 6.98. The first-order valence-corrected chi connectivity index (χ1v) is 6.98. The summed E-state index contributed by atoms with van der Waals surface area (Å²) in [5.74, 6) is 0. The van der Waals surface area contributed by atoms with E-state index in [1.165, 1.54) is 33.4 Å². The summed E-state index contributed by atoms with van der Waals surface area (Å²) in [6, 6.07) is 25.7. The van der Waals surface area contributed by atoms with Gasteiger partial charge in [-0.1, -0.05) is 72.8 Å². The lowest BCUT2D eigenvalue weighted by molar-refractivity contribution is 1.39. The van der Waals surface area contributed by atoms with Crippen LogP contribution in [0.1, 0.15) is 11.1 Å². The first-order chi connectivity index (χ1) is 9.77. The van der Waals surface area contributed by atoms with Crippen molar-refractivity contribution in [2.75, 3.05) is 0 Å². The number of hydrogen-bond acceptors (Lipinski definition) is 0. The van der Waals surface area contributed by atoms with Gasteiger partial charge < -0.3 is 0 Å². The van der Waals surface area contributed by atoms with E-state index in [-0.39, 0.29) is 0 Å². The molecule has 20 heavy (non-hydrogen) atoms. The van der Waals surface area contributed by atoms with E-state index in [1.807, 2.05) is 0 Å². The van der Waals surface area contributed by atoms with Crippen molar-refractivity contribution < 1.29 is 0 Å². The fraction of sp³-hybridized carbons (Fsp3) is 0.100. The molecule has 0 saturated carbocycles. The van der Waals surface area contributed by atoms with Gasteiger partial charge >= 0.3 is 0 Å². The lowest BCUT2D eigenvalue weighted by Crippen LogP contribution is -1.92. The van der Waals surface area contributed by atoms with E-state index < -0.39 is 0 Å². The Hall–Kier alpha value is -2.34. The molecule has 0 nitrogen and oxygen atoms in total. The van der Waals surface area contributed by atoms with Crippen molar-refractivity contribution in [3.8, 4) is 22.3 Å². The van der Waals surface area contributed by atoms with Gasteiger partial charge in [-0.05, 0) is 47.2 Å². The zero-order chi connectivity index (χ0) is 13.9. The second-order valence-corrected chi connectivity index (χ2v) is 5.18. The van der Waals surface area contributed by atoms with Crippen LogP contribution >= 0.6 is 0 Å². The SMILES string of the molecule is Cc1ccc(C)c(-c2ccccc2)c1-c1ccccc1. The van der Waals surface area contributed by atoms with Crippen LogP contribution in [0, 0.1) is 13.8 Å². The standard InChI is InChI=1S/C20H18/c1-15-13-14-16(2)20(18-11-7-4-8-12-18)19(15)17-9-5-3-6-10-17/h3-14H,1-2H3. The molecule has 0 aromatic heterocycles. The van der Waals surface area contributed by atoms with E-state index in [4.69, 9.17) is 0 Å². The molecular weight excluding hydrogens is 240 g/mol. The molecule has 0 bridgehead atoms. The minimum atomic E-state index is 1.28. The third kappa shape index (κ3) is 2.25. The molecule has 0 saturated heterocycles. The Bertz CT molecular complexity index is 645. The van der Waals surface area contributed by atoms with Crippen LogP contribution in [-0.2, 0) is 0 Å². The highest BCUT2D eigenvalue weighted by Crippen LogP contribution is 2.36. The molecule has 0 aliphatic heterocycles. The maximum atomic E-state index is 2.21. The van der Waals surface area contributed by atoms with E-state index in [0.29, 0.717) is 0 Å². The van der Waals surface area contributed by atoms with Crippen LogP contribution in [0.3, 0.4) is 0 Å². The molecule has 0 N–H and O–H groups in total. The van der Waals surface area contributed by atoms with Gasteiger partial charge in [-0.15, -0.1) is 0 Å². The van der Waals surface area contributed by atoms with Crippen molar-refractivity contribution in [1.29, 1.82) is 0 Å². The molecule has 0 fully saturated rings. The Morgan fingerprint density at radius 1 is 0.450 bits per heavy atom. The molecule has 3 aromatic rings. The van der Waals surface area contributed by atoms with Crippen LogP contribution in [0.15, 0.2) is 72.8 Å². The number of benzene rings is 3. The van der Waals surface area contributed by atoms with Crippen molar-refractivity contribution in [3.05, 3.63) is 83.9 Å². The Balaban J connectivity index is 2.32. The minimum Gasteiger partial charge on any atom is -0.0622 e. The second-order valence-electron chi connectivity index (χ2n) is 5.18. The lowest BCUT2D eigenvalue weighted by Gasteiger charge is -2.16. The molecule has 98 valence electrons. The molecule has 0 amide bonds. The number of aryl methyl sites for hydroxylation is 2. The van der Waals surface area contributed by atoms with Gasteiger partial charge in [0.15, 0.2) is 0 Å². The molecule has 0 unspecified atom stereocenters. The van der Waals surface area contributed by atoms with Gasteiger partial charge in [0.05, 0.1) is 0 Å². The molecule has 0 aliphatic rings. The fourth-order valence-electron chi connectivity index (χ4n) is 2.76. The molecule has 0 spiro atoms. The monoisotopic (exact) mass is 258 g/mol. The summed E-state index contributed by atoms with van der Waals surface area (Å²) in [6.45, 7) is 4.38. The zero-order valence-corrected chi connectivity index (χ0v) is 11.9. The minimum absolute atomic E-state index is 1.28. The maximum absolute atomic E-state index is 2.21. The summed E-state index contributed by atoms with van der Waals surface area (Å²) < 4.78 is 0. The van der Waals surface area contributed by atoms with Gasteiger partial charge in [-0.2, -0.15) is 0 Å². The topological polar surface area (TPSA) is 0 Å². The van der Waals surface area contributed by atoms with Crippen molar-refractivity contribution in [2.24, 2.45) is 0 Å². The molecule has 0 radical (unpaired) electrons. The van der Waals surface area contributed by atoms with Crippen molar-refractivity contribution in [3.63, 3.8) is 0 Å². The van der Waals surface area contributed by atoms with Crippen molar-refractivity contribution in [2.45, 2.75) is 13.8 Å². The highest BCUT2D eigenvalue weighted by Gasteiger charge is 2.12. The van der Waals surface area contributed by atoms with Crippen LogP contribution in [-0.4, -0.2) is 0 Å². The third-order valence-corrected chi connectivity index (χ3v) is 3.75. The smallest absolute Gasteiger partial charge is 0.00735 e. The summed E-state index contributed by atoms with van der Waals surface area (Å²) in [7, 11) is 0. The van der Waals surface area contributed by atoms with Crippen LogP contribution in [0.5, 0.6) is 0 Å². The van der Waals surface area contributed by atoms with Crippen LogP contribution in [0.2, 0.25) is 0 Å². The fourth-order valence-corrected chi connectivity index (χ4v) is 2.76. The van der Waals surface area contributed by atoms with E-state index in [1.54, 1.807) is 0 Å². The highest BCUT2D eigenvalue weighted by atomic mass is 14.2. The Morgan fingerprint density at radius 2 is 0.800 bits per heavy atom. The maximum Gasteiger partial charge on any atom is -0.00735 e. The molecule has 0 atom stereocenters. The molecule has 3 aromatic carbocycles. The first kappa shape index (κ1) is 12.7. The highest BCUT2D eigenvalue weighted by molar-refractivity contribution is 5.87. The molecule has 3 rings (SSSR count). The molecule has 0 heterocycles. The largest absolute Gasteiger partial charge is 0.0622 e. The van der Waals surface area contributed by atoms with Gasteiger partial charge in [0.2, 0.25) is 0 Å². The van der Waals surface area contributed by atoms with Gasteiger partial charge in [0.1, 0.15) is 0 Å². The van der Waals surface area contributed by atoms with E-state index >= 15 is 0 Å². The van der Waals surface area contributed by atoms with Gasteiger partial charge in [0.25, 0.3) is 0 Å². The summed E-state index contributed by atoms with van der Waals surface area (Å²) in [4.78, 5) is 0. The van der Waals surface area contributed by atoms with Gasteiger partial charge in [-0.3, -0.25) is 0 Å². The lowest BCUT2D eigenvalue weighted by atomic mass is 9.88. The summed E-state index contributed by atoms with van der Waals surface area (Å²) >= 11 is 0. The predicted molar refractivity (Wildman–Crippen MR) is 86.8 cm³/mol. The second kappa shape index (κ2) is 5.34. The summed E-state index contributed by atoms with van der Waals surface area (Å²) in [5, 5.41) is 0. The molecule has 0 heteroatoms. The van der Waals surface area contributed by atoms with Gasteiger partial charge in [-0.25, -0.2) is 0 Å². The third-order valence-electron chi connectivity index (χ3n) is 3.75. The van der Waals surface area contributed by atoms with Crippen molar-refractivity contribution in [1.82, 2.24) is 0 Å².